The van der Waals surface area contributed by atoms with Gasteiger partial charge in [-0.05, 0) is 19.8 Å². The maximum atomic E-state index is 11.5. The molecule has 76 valence electrons. The van der Waals surface area contributed by atoms with Gasteiger partial charge in [0.05, 0.1) is 0 Å². The van der Waals surface area contributed by atoms with Crippen LogP contribution in [0.2, 0.25) is 0 Å². The van der Waals surface area contributed by atoms with Gasteiger partial charge in [-0.2, -0.15) is 17.4 Å². The average Bonchev–Trinajstić information content (AvgIpc) is 2.65. The van der Waals surface area contributed by atoms with Gasteiger partial charge in [0.25, 0.3) is 10.2 Å². The molecule has 2 fully saturated rings. The Morgan fingerprint density at radius 3 is 2.38 bits per heavy atom. The van der Waals surface area contributed by atoms with Crippen molar-refractivity contribution in [3.05, 3.63) is 0 Å². The Bertz CT molecular complexity index is 300. The Morgan fingerprint density at radius 1 is 1.46 bits per heavy atom. The molecule has 0 unspecified atom stereocenters. The van der Waals surface area contributed by atoms with Crippen molar-refractivity contribution in [2.24, 2.45) is 5.73 Å². The topological polar surface area (TPSA) is 75.4 Å². The second-order valence-electron chi connectivity index (χ2n) is 4.32. The molecule has 1 aliphatic heterocycles. The van der Waals surface area contributed by atoms with Crippen molar-refractivity contribution < 1.29 is 8.42 Å². The van der Waals surface area contributed by atoms with Gasteiger partial charge < -0.3 is 5.73 Å². The molecule has 5 nitrogen and oxygen atoms in total. The first-order chi connectivity index (χ1) is 5.89. The summed E-state index contributed by atoms with van der Waals surface area (Å²) in [6.07, 6.45) is 1.93. The Kier molecular flexibility index (Phi) is 1.92. The fourth-order valence-electron chi connectivity index (χ4n) is 1.42. The molecule has 2 aliphatic rings. The summed E-state index contributed by atoms with van der Waals surface area (Å²) in [6.45, 7) is 2.71. The summed E-state index contributed by atoms with van der Waals surface area (Å²) >= 11 is 0. The van der Waals surface area contributed by atoms with Crippen LogP contribution in [0, 0.1) is 0 Å². The summed E-state index contributed by atoms with van der Waals surface area (Å²) in [6, 6.07) is 0.176. The van der Waals surface area contributed by atoms with Gasteiger partial charge in [-0.15, -0.1) is 0 Å². The summed E-state index contributed by atoms with van der Waals surface area (Å²) in [5, 5.41) is 0. The molecular formula is C7H15N3O2S. The van der Waals surface area contributed by atoms with Gasteiger partial charge in [0.1, 0.15) is 0 Å². The molecular weight excluding hydrogens is 190 g/mol. The quantitative estimate of drug-likeness (QED) is 0.621. The smallest absolute Gasteiger partial charge is 0.279 e. The Balaban J connectivity index is 1.93. The van der Waals surface area contributed by atoms with Gasteiger partial charge in [-0.25, -0.2) is 0 Å². The van der Waals surface area contributed by atoms with E-state index in [2.05, 4.69) is 4.72 Å². The van der Waals surface area contributed by atoms with Crippen molar-refractivity contribution in [3.63, 3.8) is 0 Å². The Morgan fingerprint density at radius 2 is 2.00 bits per heavy atom. The van der Waals surface area contributed by atoms with Gasteiger partial charge in [0.15, 0.2) is 0 Å². The van der Waals surface area contributed by atoms with Crippen molar-refractivity contribution >= 4 is 10.2 Å². The van der Waals surface area contributed by atoms with E-state index in [0.29, 0.717) is 13.1 Å². The molecule has 0 radical (unpaired) electrons. The highest BCUT2D eigenvalue weighted by Crippen LogP contribution is 2.24. The number of nitrogens with one attached hydrogen (secondary N) is 1. The summed E-state index contributed by atoms with van der Waals surface area (Å²) < 4.78 is 27.0. The fourth-order valence-corrected chi connectivity index (χ4v) is 3.15. The van der Waals surface area contributed by atoms with Crippen LogP contribution >= 0.6 is 0 Å². The third-order valence-electron chi connectivity index (χ3n) is 2.31. The van der Waals surface area contributed by atoms with Crippen LogP contribution in [-0.4, -0.2) is 37.4 Å². The highest BCUT2D eigenvalue weighted by molar-refractivity contribution is 7.87. The second kappa shape index (κ2) is 2.66. The maximum Gasteiger partial charge on any atom is 0.279 e. The minimum absolute atomic E-state index is 0.176. The van der Waals surface area contributed by atoms with Crippen LogP contribution in [0.25, 0.3) is 0 Å². The molecule has 3 N–H and O–H groups in total. The minimum Gasteiger partial charge on any atom is -0.323 e. The molecule has 1 heterocycles. The zero-order chi connectivity index (χ0) is 9.69. The zero-order valence-corrected chi connectivity index (χ0v) is 8.47. The van der Waals surface area contributed by atoms with E-state index >= 15 is 0 Å². The van der Waals surface area contributed by atoms with E-state index in [9.17, 15) is 8.42 Å². The molecule has 1 saturated heterocycles. The van der Waals surface area contributed by atoms with Crippen LogP contribution in [0.4, 0.5) is 0 Å². The van der Waals surface area contributed by atoms with E-state index in [0.717, 1.165) is 12.8 Å². The summed E-state index contributed by atoms with van der Waals surface area (Å²) in [5.74, 6) is 0. The van der Waals surface area contributed by atoms with Crippen LogP contribution in [0.1, 0.15) is 19.8 Å². The molecule has 1 aliphatic carbocycles. The summed E-state index contributed by atoms with van der Waals surface area (Å²) in [5.41, 5.74) is 5.39. The van der Waals surface area contributed by atoms with E-state index in [1.54, 1.807) is 0 Å². The van der Waals surface area contributed by atoms with Crippen LogP contribution < -0.4 is 10.5 Å². The van der Waals surface area contributed by atoms with E-state index in [1.807, 2.05) is 6.92 Å². The lowest BCUT2D eigenvalue weighted by molar-refractivity contribution is 0.174. The van der Waals surface area contributed by atoms with Crippen LogP contribution in [-0.2, 0) is 10.2 Å². The van der Waals surface area contributed by atoms with E-state index in [-0.39, 0.29) is 11.6 Å². The summed E-state index contributed by atoms with van der Waals surface area (Å²) in [4.78, 5) is 0. The Hall–Kier alpha value is -0.170. The lowest BCUT2D eigenvalue weighted by Crippen LogP contribution is -2.68. The number of nitrogens with zero attached hydrogens (tertiary/aromatic N) is 1. The number of hydrogen-bond acceptors (Lipinski definition) is 3. The molecule has 1 saturated carbocycles. The standard InChI is InChI=1S/C7H15N3O2S/c1-7(8)4-10(5-7)13(11,12)9-6-2-3-6/h6,9H,2-5,8H2,1H3. The highest BCUT2D eigenvalue weighted by Gasteiger charge is 2.43. The lowest BCUT2D eigenvalue weighted by atomic mass is 9.97. The third-order valence-corrected chi connectivity index (χ3v) is 3.88. The molecule has 0 amide bonds. The molecule has 13 heavy (non-hydrogen) atoms. The Labute approximate surface area is 78.5 Å². The molecule has 0 aromatic heterocycles. The predicted octanol–water partition coefficient (Wildman–Crippen LogP) is -0.984. The first kappa shape index (κ1) is 9.39. The van der Waals surface area contributed by atoms with Gasteiger partial charge in [0.2, 0.25) is 0 Å². The van der Waals surface area contributed by atoms with E-state index in [4.69, 9.17) is 5.73 Å². The van der Waals surface area contributed by atoms with Crippen molar-refractivity contribution in [2.75, 3.05) is 13.1 Å². The van der Waals surface area contributed by atoms with E-state index < -0.39 is 10.2 Å². The molecule has 6 heteroatoms. The molecule has 0 aromatic rings. The molecule has 0 atom stereocenters. The molecule has 2 rings (SSSR count). The third kappa shape index (κ3) is 2.01. The summed E-state index contributed by atoms with van der Waals surface area (Å²) in [7, 11) is -3.23. The van der Waals surface area contributed by atoms with Crippen LogP contribution in [0.15, 0.2) is 0 Å². The average molecular weight is 205 g/mol. The van der Waals surface area contributed by atoms with Crippen molar-refractivity contribution in [1.82, 2.24) is 9.03 Å². The first-order valence-corrected chi connectivity index (χ1v) is 5.89. The monoisotopic (exact) mass is 205 g/mol. The largest absolute Gasteiger partial charge is 0.323 e. The normalized spacial score (nSPS) is 28.5. The zero-order valence-electron chi connectivity index (χ0n) is 7.66. The number of hydrogen-bond donors (Lipinski definition) is 2. The fraction of sp³-hybridized carbons (Fsp3) is 1.00. The molecule has 0 spiro atoms. The molecule has 0 bridgehead atoms. The van der Waals surface area contributed by atoms with Crippen molar-refractivity contribution in [1.29, 1.82) is 0 Å². The lowest BCUT2D eigenvalue weighted by Gasteiger charge is -2.43. The van der Waals surface area contributed by atoms with Gasteiger partial charge in [-0.3, -0.25) is 0 Å². The first-order valence-electron chi connectivity index (χ1n) is 4.45. The van der Waals surface area contributed by atoms with Gasteiger partial charge in [0, 0.05) is 24.7 Å². The van der Waals surface area contributed by atoms with Crippen molar-refractivity contribution in [3.8, 4) is 0 Å². The number of nitrogens with two attached hydrogens (primary N) is 1. The predicted molar refractivity (Wildman–Crippen MR) is 49.2 cm³/mol. The molecule has 0 aromatic carbocycles. The maximum absolute atomic E-state index is 11.5. The van der Waals surface area contributed by atoms with Crippen LogP contribution in [0.3, 0.4) is 0 Å². The van der Waals surface area contributed by atoms with Crippen molar-refractivity contribution in [2.45, 2.75) is 31.3 Å². The van der Waals surface area contributed by atoms with Crippen LogP contribution in [0.5, 0.6) is 0 Å². The van der Waals surface area contributed by atoms with E-state index in [1.165, 1.54) is 4.31 Å². The van der Waals surface area contributed by atoms with Gasteiger partial charge >= 0.3 is 0 Å². The minimum atomic E-state index is -3.23. The SMILES string of the molecule is CC1(N)CN(S(=O)(=O)NC2CC2)C1. The van der Waals surface area contributed by atoms with Gasteiger partial charge in [-0.1, -0.05) is 0 Å². The highest BCUT2D eigenvalue weighted by atomic mass is 32.2. The number of rotatable bonds is 3. The second-order valence-corrected chi connectivity index (χ2v) is 6.02.